The van der Waals surface area contributed by atoms with Crippen LogP contribution >= 0.6 is 0 Å². The van der Waals surface area contributed by atoms with Crippen LogP contribution in [0.3, 0.4) is 0 Å². The van der Waals surface area contributed by atoms with E-state index in [2.05, 4.69) is 11.8 Å². The fourth-order valence-electron chi connectivity index (χ4n) is 1.88. The lowest BCUT2D eigenvalue weighted by Gasteiger charge is -2.11. The molecule has 0 aliphatic rings. The molecule has 0 amide bonds. The fourth-order valence-corrected chi connectivity index (χ4v) is 1.88. The highest BCUT2D eigenvalue weighted by Crippen LogP contribution is 2.28. The summed E-state index contributed by atoms with van der Waals surface area (Å²) in [7, 11) is 1.64. The number of aliphatic hydroxyl groups excluding tert-OH is 1. The number of benzene rings is 2. The number of ether oxygens (including phenoxy) is 2. The Labute approximate surface area is 125 Å². The second kappa shape index (κ2) is 7.37. The normalized spacial score (nSPS) is 9.67. The Hall–Kier alpha value is -2.44. The number of hydrogen-bond donors (Lipinski definition) is 1. The van der Waals surface area contributed by atoms with Crippen molar-refractivity contribution in [3.8, 4) is 23.3 Å². The van der Waals surface area contributed by atoms with Crippen LogP contribution in [-0.2, 0) is 6.61 Å². The van der Waals surface area contributed by atoms with E-state index in [1.807, 2.05) is 49.4 Å². The van der Waals surface area contributed by atoms with Crippen molar-refractivity contribution in [2.45, 2.75) is 13.5 Å². The SMILES string of the molecule is COc1cc(C)ccc1OCc1ccc(C#CCO)cc1. The van der Waals surface area contributed by atoms with Crippen LogP contribution in [0.5, 0.6) is 11.5 Å². The van der Waals surface area contributed by atoms with Crippen LogP contribution in [0, 0.1) is 18.8 Å². The monoisotopic (exact) mass is 282 g/mol. The molecule has 0 bridgehead atoms. The van der Waals surface area contributed by atoms with Gasteiger partial charge in [0.25, 0.3) is 0 Å². The number of aliphatic hydroxyl groups is 1. The average Bonchev–Trinajstić information content (AvgIpc) is 2.52. The van der Waals surface area contributed by atoms with Gasteiger partial charge < -0.3 is 14.6 Å². The summed E-state index contributed by atoms with van der Waals surface area (Å²) in [5.41, 5.74) is 3.05. The minimum Gasteiger partial charge on any atom is -0.493 e. The van der Waals surface area contributed by atoms with E-state index in [1.165, 1.54) is 0 Å². The molecule has 21 heavy (non-hydrogen) atoms. The maximum Gasteiger partial charge on any atom is 0.161 e. The molecule has 0 aromatic heterocycles. The molecule has 0 atom stereocenters. The summed E-state index contributed by atoms with van der Waals surface area (Å²) in [5, 5.41) is 8.66. The lowest BCUT2D eigenvalue weighted by atomic mass is 10.1. The van der Waals surface area contributed by atoms with Gasteiger partial charge in [-0.3, -0.25) is 0 Å². The van der Waals surface area contributed by atoms with E-state index >= 15 is 0 Å². The standard InChI is InChI=1S/C18H18O3/c1-14-5-10-17(18(12-14)20-2)21-13-16-8-6-15(7-9-16)4-3-11-19/h5-10,12,19H,11,13H2,1-2H3. The van der Waals surface area contributed by atoms with Gasteiger partial charge in [-0.2, -0.15) is 0 Å². The molecule has 3 heteroatoms. The third-order valence-electron chi connectivity index (χ3n) is 2.98. The Morgan fingerprint density at radius 3 is 2.48 bits per heavy atom. The maximum atomic E-state index is 8.66. The smallest absolute Gasteiger partial charge is 0.161 e. The first-order chi connectivity index (χ1) is 10.2. The van der Waals surface area contributed by atoms with Crippen molar-refractivity contribution in [1.29, 1.82) is 0 Å². The highest BCUT2D eigenvalue weighted by molar-refractivity contribution is 5.43. The van der Waals surface area contributed by atoms with Crippen LogP contribution in [0.2, 0.25) is 0 Å². The number of hydrogen-bond acceptors (Lipinski definition) is 3. The lowest BCUT2D eigenvalue weighted by Crippen LogP contribution is -1.98. The molecule has 0 radical (unpaired) electrons. The molecule has 0 heterocycles. The van der Waals surface area contributed by atoms with E-state index in [0.717, 1.165) is 28.2 Å². The van der Waals surface area contributed by atoms with Crippen LogP contribution in [0.15, 0.2) is 42.5 Å². The van der Waals surface area contributed by atoms with E-state index in [0.29, 0.717) is 6.61 Å². The van der Waals surface area contributed by atoms with E-state index in [9.17, 15) is 0 Å². The van der Waals surface area contributed by atoms with Gasteiger partial charge in [0.2, 0.25) is 0 Å². The molecule has 108 valence electrons. The summed E-state index contributed by atoms with van der Waals surface area (Å²) in [6, 6.07) is 13.6. The molecule has 1 N–H and O–H groups in total. The molecule has 0 aliphatic carbocycles. The summed E-state index contributed by atoms with van der Waals surface area (Å²) < 4.78 is 11.1. The number of methoxy groups -OCH3 is 1. The maximum absolute atomic E-state index is 8.66. The zero-order valence-electron chi connectivity index (χ0n) is 12.2. The first-order valence-electron chi connectivity index (χ1n) is 6.69. The van der Waals surface area contributed by atoms with E-state index in [4.69, 9.17) is 14.6 Å². The molecule has 0 saturated heterocycles. The molecule has 0 saturated carbocycles. The summed E-state index contributed by atoms with van der Waals surface area (Å²) in [5.74, 6) is 6.94. The molecule has 0 unspecified atom stereocenters. The van der Waals surface area contributed by atoms with Crippen molar-refractivity contribution in [3.63, 3.8) is 0 Å². The predicted molar refractivity (Wildman–Crippen MR) is 82.5 cm³/mol. The second-order valence-corrected chi connectivity index (χ2v) is 4.60. The molecule has 0 spiro atoms. The average molecular weight is 282 g/mol. The largest absolute Gasteiger partial charge is 0.493 e. The van der Waals surface area contributed by atoms with Gasteiger partial charge >= 0.3 is 0 Å². The van der Waals surface area contributed by atoms with Crippen LogP contribution in [0.1, 0.15) is 16.7 Å². The Kier molecular flexibility index (Phi) is 5.25. The van der Waals surface area contributed by atoms with Crippen LogP contribution in [0.4, 0.5) is 0 Å². The Bertz CT molecular complexity index is 648. The van der Waals surface area contributed by atoms with Gasteiger partial charge in [-0.25, -0.2) is 0 Å². The van der Waals surface area contributed by atoms with Gasteiger partial charge in [0.1, 0.15) is 13.2 Å². The summed E-state index contributed by atoms with van der Waals surface area (Å²) in [4.78, 5) is 0. The lowest BCUT2D eigenvalue weighted by molar-refractivity contribution is 0.284. The molecule has 0 fully saturated rings. The highest BCUT2D eigenvalue weighted by Gasteiger charge is 2.04. The number of rotatable bonds is 4. The highest BCUT2D eigenvalue weighted by atomic mass is 16.5. The molecule has 0 aliphatic heterocycles. The topological polar surface area (TPSA) is 38.7 Å². The van der Waals surface area contributed by atoms with Crippen molar-refractivity contribution in [1.82, 2.24) is 0 Å². The first kappa shape index (κ1) is 15.0. The molecule has 2 aromatic carbocycles. The Morgan fingerprint density at radius 1 is 1.05 bits per heavy atom. The zero-order valence-corrected chi connectivity index (χ0v) is 12.2. The molecular weight excluding hydrogens is 264 g/mol. The predicted octanol–water partition coefficient (Wildman–Crippen LogP) is 2.93. The first-order valence-corrected chi connectivity index (χ1v) is 6.69. The van der Waals surface area contributed by atoms with Gasteiger partial charge in [-0.1, -0.05) is 30.0 Å². The fraction of sp³-hybridized carbons (Fsp3) is 0.222. The minimum atomic E-state index is -0.127. The quantitative estimate of drug-likeness (QED) is 0.876. The van der Waals surface area contributed by atoms with Crippen LogP contribution in [-0.4, -0.2) is 18.8 Å². The van der Waals surface area contributed by atoms with Gasteiger partial charge in [0.05, 0.1) is 7.11 Å². The Balaban J connectivity index is 2.03. The Morgan fingerprint density at radius 2 is 1.81 bits per heavy atom. The van der Waals surface area contributed by atoms with E-state index in [-0.39, 0.29) is 6.61 Å². The van der Waals surface area contributed by atoms with Gasteiger partial charge in [0, 0.05) is 5.56 Å². The van der Waals surface area contributed by atoms with Crippen molar-refractivity contribution >= 4 is 0 Å². The molecule has 2 aromatic rings. The number of aryl methyl sites for hydroxylation is 1. The summed E-state index contributed by atoms with van der Waals surface area (Å²) in [6.45, 7) is 2.35. The van der Waals surface area contributed by atoms with Crippen molar-refractivity contribution in [2.75, 3.05) is 13.7 Å². The third-order valence-corrected chi connectivity index (χ3v) is 2.98. The van der Waals surface area contributed by atoms with E-state index in [1.54, 1.807) is 7.11 Å². The van der Waals surface area contributed by atoms with Crippen LogP contribution in [0.25, 0.3) is 0 Å². The summed E-state index contributed by atoms with van der Waals surface area (Å²) in [6.07, 6.45) is 0. The van der Waals surface area contributed by atoms with E-state index < -0.39 is 0 Å². The van der Waals surface area contributed by atoms with Crippen LogP contribution < -0.4 is 9.47 Å². The van der Waals surface area contributed by atoms with Crippen molar-refractivity contribution < 1.29 is 14.6 Å². The van der Waals surface area contributed by atoms with Crippen molar-refractivity contribution in [2.24, 2.45) is 0 Å². The minimum absolute atomic E-state index is 0.127. The third kappa shape index (κ3) is 4.27. The van der Waals surface area contributed by atoms with Gasteiger partial charge in [-0.15, -0.1) is 0 Å². The molecular formula is C18H18O3. The van der Waals surface area contributed by atoms with Gasteiger partial charge in [0.15, 0.2) is 11.5 Å². The summed E-state index contributed by atoms with van der Waals surface area (Å²) >= 11 is 0. The van der Waals surface area contributed by atoms with Gasteiger partial charge in [-0.05, 0) is 42.3 Å². The second-order valence-electron chi connectivity index (χ2n) is 4.60. The molecule has 3 nitrogen and oxygen atoms in total. The zero-order chi connectivity index (χ0) is 15.1. The molecule has 2 rings (SSSR count). The van der Waals surface area contributed by atoms with Crippen molar-refractivity contribution in [3.05, 3.63) is 59.2 Å².